The van der Waals surface area contributed by atoms with E-state index in [0.717, 1.165) is 11.3 Å². The number of rotatable bonds is 10. The van der Waals surface area contributed by atoms with Crippen LogP contribution in [0.15, 0.2) is 76.0 Å². The molecule has 3 aromatic rings. The summed E-state index contributed by atoms with van der Waals surface area (Å²) in [4.78, 5) is 15.1. The Morgan fingerprint density at radius 1 is 0.970 bits per heavy atom. The molecule has 0 unspecified atom stereocenters. The van der Waals surface area contributed by atoms with Crippen LogP contribution in [0.5, 0.6) is 5.75 Å². The average Bonchev–Trinajstić information content (AvgIpc) is 3.21. The highest BCUT2D eigenvalue weighted by Gasteiger charge is 2.31. The second-order valence-corrected chi connectivity index (χ2v) is 9.96. The van der Waals surface area contributed by atoms with E-state index < -0.39 is 16.1 Å². The zero-order valence-electron chi connectivity index (χ0n) is 19.4. The van der Waals surface area contributed by atoms with E-state index in [9.17, 15) is 13.2 Å². The summed E-state index contributed by atoms with van der Waals surface area (Å²) in [5, 5.41) is 0. The molecule has 0 N–H and O–H groups in total. The number of ether oxygens (including phenoxy) is 1. The molecule has 8 heteroatoms. The number of sulfonamides is 1. The Balaban J connectivity index is 1.86. The lowest BCUT2D eigenvalue weighted by molar-refractivity contribution is -0.133. The summed E-state index contributed by atoms with van der Waals surface area (Å²) in [6.07, 6.45) is 0. The smallest absolute Gasteiger partial charge is 0.243 e. The first-order chi connectivity index (χ1) is 15.7. The third kappa shape index (κ3) is 6.24. The maximum absolute atomic E-state index is 13.4. The van der Waals surface area contributed by atoms with Crippen molar-refractivity contribution >= 4 is 15.9 Å². The summed E-state index contributed by atoms with van der Waals surface area (Å²) in [7, 11) is -2.37. The van der Waals surface area contributed by atoms with Crippen LogP contribution in [0.1, 0.15) is 30.9 Å². The number of hydrogen-bond donors (Lipinski definition) is 0. The number of aryl methyl sites for hydroxylation is 1. The topological polar surface area (TPSA) is 80.1 Å². The predicted octanol–water partition coefficient (Wildman–Crippen LogP) is 4.22. The lowest BCUT2D eigenvalue weighted by atomic mass is 10.2. The van der Waals surface area contributed by atoms with Gasteiger partial charge in [0.05, 0.1) is 25.1 Å². The van der Waals surface area contributed by atoms with Gasteiger partial charge in [0.25, 0.3) is 0 Å². The number of furan rings is 1. The molecule has 0 saturated heterocycles. The lowest BCUT2D eigenvalue weighted by Gasteiger charge is -2.29. The first-order valence-corrected chi connectivity index (χ1v) is 12.2. The van der Waals surface area contributed by atoms with Crippen molar-refractivity contribution in [3.8, 4) is 5.75 Å². The van der Waals surface area contributed by atoms with Gasteiger partial charge in [0, 0.05) is 12.6 Å². The molecule has 0 radical (unpaired) electrons. The molecule has 0 fully saturated rings. The molecule has 0 aliphatic rings. The number of carbonyl (C=O) groups excluding carboxylic acids is 1. The van der Waals surface area contributed by atoms with E-state index in [1.807, 2.05) is 49.4 Å². The van der Waals surface area contributed by atoms with Gasteiger partial charge in [-0.25, -0.2) is 8.42 Å². The highest BCUT2D eigenvalue weighted by molar-refractivity contribution is 7.89. The van der Waals surface area contributed by atoms with E-state index in [2.05, 4.69) is 0 Å². The van der Waals surface area contributed by atoms with Crippen molar-refractivity contribution in [2.45, 2.75) is 44.8 Å². The Labute approximate surface area is 195 Å². The van der Waals surface area contributed by atoms with Gasteiger partial charge >= 0.3 is 0 Å². The molecule has 1 amide bonds. The number of methoxy groups -OCH3 is 1. The summed E-state index contributed by atoms with van der Waals surface area (Å²) in [6.45, 7) is 5.66. The largest absolute Gasteiger partial charge is 0.497 e. The van der Waals surface area contributed by atoms with Gasteiger partial charge < -0.3 is 14.1 Å². The molecule has 0 bridgehead atoms. The van der Waals surface area contributed by atoms with E-state index in [0.29, 0.717) is 18.1 Å². The predicted molar refractivity (Wildman–Crippen MR) is 126 cm³/mol. The van der Waals surface area contributed by atoms with Crippen molar-refractivity contribution < 1.29 is 22.4 Å². The number of amides is 1. The van der Waals surface area contributed by atoms with E-state index in [1.165, 1.54) is 23.5 Å². The number of carbonyl (C=O) groups is 1. The van der Waals surface area contributed by atoms with Crippen LogP contribution in [0.25, 0.3) is 0 Å². The van der Waals surface area contributed by atoms with Crippen LogP contribution in [0, 0.1) is 6.92 Å². The van der Waals surface area contributed by atoms with Crippen molar-refractivity contribution in [1.82, 2.24) is 9.21 Å². The van der Waals surface area contributed by atoms with Gasteiger partial charge in [-0.15, -0.1) is 0 Å². The van der Waals surface area contributed by atoms with Crippen molar-refractivity contribution in [1.29, 1.82) is 0 Å². The molecule has 0 aliphatic heterocycles. The van der Waals surface area contributed by atoms with Crippen molar-refractivity contribution in [3.63, 3.8) is 0 Å². The van der Waals surface area contributed by atoms with Gasteiger partial charge in [-0.2, -0.15) is 4.31 Å². The molecule has 7 nitrogen and oxygen atoms in total. The van der Waals surface area contributed by atoms with Crippen molar-refractivity contribution in [2.75, 3.05) is 13.7 Å². The van der Waals surface area contributed by atoms with Gasteiger partial charge in [0.2, 0.25) is 15.9 Å². The lowest BCUT2D eigenvalue weighted by Crippen LogP contribution is -2.45. The quantitative estimate of drug-likeness (QED) is 0.443. The third-order valence-electron chi connectivity index (χ3n) is 5.24. The Kier molecular flexibility index (Phi) is 7.94. The summed E-state index contributed by atoms with van der Waals surface area (Å²) < 4.78 is 38.7. The third-order valence-corrected chi connectivity index (χ3v) is 7.28. The minimum absolute atomic E-state index is 0.112. The van der Waals surface area contributed by atoms with Crippen LogP contribution in [-0.2, 0) is 27.9 Å². The maximum Gasteiger partial charge on any atom is 0.243 e. The van der Waals surface area contributed by atoms with Crippen LogP contribution < -0.4 is 4.74 Å². The van der Waals surface area contributed by atoms with Crippen LogP contribution in [0.4, 0.5) is 0 Å². The first-order valence-electron chi connectivity index (χ1n) is 10.7. The molecule has 0 saturated carbocycles. The SMILES string of the molecule is COc1ccc(S(=O)(=O)N(CC(=O)N(Cc2ccccc2)Cc2ccc(C)o2)C(C)C)cc1. The zero-order valence-corrected chi connectivity index (χ0v) is 20.2. The highest BCUT2D eigenvalue weighted by atomic mass is 32.2. The Morgan fingerprint density at radius 3 is 2.18 bits per heavy atom. The minimum atomic E-state index is -3.89. The average molecular weight is 471 g/mol. The van der Waals surface area contributed by atoms with E-state index in [-0.39, 0.29) is 23.9 Å². The fraction of sp³-hybridized carbons (Fsp3) is 0.320. The van der Waals surface area contributed by atoms with Crippen LogP contribution in [-0.4, -0.2) is 43.2 Å². The second kappa shape index (κ2) is 10.7. The molecule has 1 heterocycles. The maximum atomic E-state index is 13.4. The van der Waals surface area contributed by atoms with Crippen LogP contribution in [0.3, 0.4) is 0 Å². The standard InChI is InChI=1S/C25H30N2O5S/c1-19(2)27(33(29,30)24-14-12-22(31-4)13-15-24)18-25(28)26(16-21-8-6-5-7-9-21)17-23-11-10-20(3)32-23/h5-15,19H,16-18H2,1-4H3. The van der Waals surface area contributed by atoms with Crippen molar-refractivity contribution in [3.05, 3.63) is 83.8 Å². The number of benzene rings is 2. The van der Waals surface area contributed by atoms with Gasteiger partial charge in [0.15, 0.2) is 0 Å². The van der Waals surface area contributed by atoms with Gasteiger partial charge in [0.1, 0.15) is 17.3 Å². The number of nitrogens with zero attached hydrogens (tertiary/aromatic N) is 2. The molecule has 3 rings (SSSR count). The molecule has 176 valence electrons. The first kappa shape index (κ1) is 24.5. The van der Waals surface area contributed by atoms with E-state index in [4.69, 9.17) is 9.15 Å². The van der Waals surface area contributed by atoms with Gasteiger partial charge in [-0.3, -0.25) is 4.79 Å². The monoisotopic (exact) mass is 470 g/mol. The number of hydrogen-bond acceptors (Lipinski definition) is 5. The Bertz CT molecular complexity index is 1160. The molecular formula is C25H30N2O5S. The zero-order chi connectivity index (χ0) is 24.0. The van der Waals surface area contributed by atoms with Gasteiger partial charge in [-0.1, -0.05) is 30.3 Å². The molecular weight excluding hydrogens is 440 g/mol. The summed E-state index contributed by atoms with van der Waals surface area (Å²) in [5.41, 5.74) is 0.947. The fourth-order valence-electron chi connectivity index (χ4n) is 3.46. The molecule has 2 aromatic carbocycles. The Morgan fingerprint density at radius 2 is 1.64 bits per heavy atom. The van der Waals surface area contributed by atoms with E-state index in [1.54, 1.807) is 30.9 Å². The normalized spacial score (nSPS) is 11.7. The summed E-state index contributed by atoms with van der Waals surface area (Å²) >= 11 is 0. The molecule has 0 atom stereocenters. The van der Waals surface area contributed by atoms with Crippen LogP contribution in [0.2, 0.25) is 0 Å². The molecule has 0 aliphatic carbocycles. The molecule has 1 aromatic heterocycles. The van der Waals surface area contributed by atoms with Gasteiger partial charge in [-0.05, 0) is 62.7 Å². The highest BCUT2D eigenvalue weighted by Crippen LogP contribution is 2.22. The summed E-state index contributed by atoms with van der Waals surface area (Å²) in [5.74, 6) is 1.65. The van der Waals surface area contributed by atoms with Crippen LogP contribution >= 0.6 is 0 Å². The summed E-state index contributed by atoms with van der Waals surface area (Å²) in [6, 6.07) is 19.0. The Hall–Kier alpha value is -3.10. The molecule has 0 spiro atoms. The van der Waals surface area contributed by atoms with Crippen molar-refractivity contribution in [2.24, 2.45) is 0 Å². The fourth-order valence-corrected chi connectivity index (χ4v) is 5.04. The minimum Gasteiger partial charge on any atom is -0.497 e. The second-order valence-electron chi connectivity index (χ2n) is 8.07. The van der Waals surface area contributed by atoms with E-state index >= 15 is 0 Å². The molecule has 33 heavy (non-hydrogen) atoms.